The number of methoxy groups -OCH3 is 1. The summed E-state index contributed by atoms with van der Waals surface area (Å²) in [4.78, 5) is 15.7. The molecule has 0 unspecified atom stereocenters. The van der Waals surface area contributed by atoms with E-state index in [2.05, 4.69) is 10.3 Å². The lowest BCUT2D eigenvalue weighted by Gasteiger charge is -2.04. The van der Waals surface area contributed by atoms with Gasteiger partial charge in [-0.15, -0.1) is 11.3 Å². The number of nitrogens with zero attached hydrogens (tertiary/aromatic N) is 1. The Labute approximate surface area is 98.8 Å². The van der Waals surface area contributed by atoms with Crippen LogP contribution in [0.15, 0.2) is 0 Å². The third-order valence-corrected chi connectivity index (χ3v) is 2.72. The van der Waals surface area contributed by atoms with Gasteiger partial charge in [-0.25, -0.2) is 9.78 Å². The fourth-order valence-electron chi connectivity index (χ4n) is 1.15. The summed E-state index contributed by atoms with van der Waals surface area (Å²) in [6, 6.07) is 0. The highest BCUT2D eigenvalue weighted by atomic mass is 32.1. The summed E-state index contributed by atoms with van der Waals surface area (Å²) < 4.78 is 9.85. The number of aryl methyl sites for hydroxylation is 1. The van der Waals surface area contributed by atoms with Gasteiger partial charge in [-0.3, -0.25) is 0 Å². The number of esters is 1. The van der Waals surface area contributed by atoms with Gasteiger partial charge in [-0.2, -0.15) is 0 Å². The third kappa shape index (κ3) is 3.46. The highest BCUT2D eigenvalue weighted by Crippen LogP contribution is 2.24. The van der Waals surface area contributed by atoms with Crippen LogP contribution >= 0.6 is 11.3 Å². The fourth-order valence-corrected chi connectivity index (χ4v) is 1.98. The predicted molar refractivity (Wildman–Crippen MR) is 63.2 cm³/mol. The van der Waals surface area contributed by atoms with Crippen molar-refractivity contribution in [2.24, 2.45) is 0 Å². The molecule has 0 radical (unpaired) electrons. The fraction of sp³-hybridized carbons (Fsp3) is 0.600. The highest BCUT2D eigenvalue weighted by molar-refractivity contribution is 7.16. The SMILES string of the molecule is CCOC(=O)c1nc(C)sc1NCCOC. The van der Waals surface area contributed by atoms with Crippen LogP contribution in [-0.4, -0.2) is 37.8 Å². The molecule has 0 aliphatic carbocycles. The maximum absolute atomic E-state index is 11.6. The summed E-state index contributed by atoms with van der Waals surface area (Å²) >= 11 is 1.44. The van der Waals surface area contributed by atoms with E-state index in [1.54, 1.807) is 14.0 Å². The number of nitrogens with one attached hydrogen (secondary N) is 1. The molecule has 16 heavy (non-hydrogen) atoms. The second kappa shape index (κ2) is 6.44. The number of carbonyl (C=O) groups is 1. The second-order valence-electron chi connectivity index (χ2n) is 3.05. The number of carbonyl (C=O) groups excluding carboxylic acids is 1. The smallest absolute Gasteiger partial charge is 0.360 e. The molecular formula is C10H16N2O3S. The van der Waals surface area contributed by atoms with E-state index in [-0.39, 0.29) is 5.97 Å². The molecule has 6 heteroatoms. The Bertz CT molecular complexity index is 352. The van der Waals surface area contributed by atoms with E-state index < -0.39 is 0 Å². The number of rotatable bonds is 6. The van der Waals surface area contributed by atoms with Gasteiger partial charge in [0, 0.05) is 13.7 Å². The Morgan fingerprint density at radius 2 is 2.31 bits per heavy atom. The summed E-state index contributed by atoms with van der Waals surface area (Å²) in [5.41, 5.74) is 0.362. The van der Waals surface area contributed by atoms with E-state index in [0.29, 0.717) is 25.5 Å². The first-order valence-electron chi connectivity index (χ1n) is 5.06. The summed E-state index contributed by atoms with van der Waals surface area (Å²) in [7, 11) is 1.63. The number of ether oxygens (including phenoxy) is 2. The van der Waals surface area contributed by atoms with Crippen molar-refractivity contribution in [3.63, 3.8) is 0 Å². The molecule has 5 nitrogen and oxygen atoms in total. The van der Waals surface area contributed by atoms with E-state index in [4.69, 9.17) is 9.47 Å². The summed E-state index contributed by atoms with van der Waals surface area (Å²) in [6.07, 6.45) is 0. The predicted octanol–water partition coefficient (Wildman–Crippen LogP) is 1.69. The monoisotopic (exact) mass is 244 g/mol. The molecule has 1 rings (SSSR count). The molecule has 0 saturated carbocycles. The van der Waals surface area contributed by atoms with Crippen LogP contribution in [0.3, 0.4) is 0 Å². The van der Waals surface area contributed by atoms with Gasteiger partial charge < -0.3 is 14.8 Å². The molecule has 1 heterocycles. The van der Waals surface area contributed by atoms with Crippen molar-refractivity contribution in [3.8, 4) is 0 Å². The molecule has 0 aliphatic heterocycles. The topological polar surface area (TPSA) is 60.5 Å². The second-order valence-corrected chi connectivity index (χ2v) is 4.25. The number of thiazole rings is 1. The van der Waals surface area contributed by atoms with E-state index in [0.717, 1.165) is 10.0 Å². The van der Waals surface area contributed by atoms with Crippen LogP contribution in [0.4, 0.5) is 5.00 Å². The third-order valence-electron chi connectivity index (χ3n) is 1.79. The molecule has 0 amide bonds. The minimum atomic E-state index is -0.383. The van der Waals surface area contributed by atoms with Gasteiger partial charge in [0.25, 0.3) is 0 Å². The number of hydrogen-bond donors (Lipinski definition) is 1. The highest BCUT2D eigenvalue weighted by Gasteiger charge is 2.17. The van der Waals surface area contributed by atoms with Crippen molar-refractivity contribution in [3.05, 3.63) is 10.7 Å². The minimum Gasteiger partial charge on any atom is -0.461 e. The van der Waals surface area contributed by atoms with Gasteiger partial charge >= 0.3 is 5.97 Å². The van der Waals surface area contributed by atoms with Crippen LogP contribution in [0.25, 0.3) is 0 Å². The molecule has 0 aromatic carbocycles. The maximum atomic E-state index is 11.6. The lowest BCUT2D eigenvalue weighted by molar-refractivity contribution is 0.0521. The molecule has 1 aromatic heterocycles. The summed E-state index contributed by atoms with van der Waals surface area (Å²) in [5, 5.41) is 4.68. The number of aromatic nitrogens is 1. The molecule has 90 valence electrons. The largest absolute Gasteiger partial charge is 0.461 e. The Hall–Kier alpha value is -1.14. The van der Waals surface area contributed by atoms with Gasteiger partial charge in [-0.05, 0) is 13.8 Å². The molecule has 1 N–H and O–H groups in total. The lowest BCUT2D eigenvalue weighted by Crippen LogP contribution is -2.12. The van der Waals surface area contributed by atoms with Crippen LogP contribution < -0.4 is 5.32 Å². The molecule has 0 spiro atoms. The summed E-state index contributed by atoms with van der Waals surface area (Å²) in [5.74, 6) is -0.383. The molecule has 0 aliphatic rings. The van der Waals surface area contributed by atoms with Crippen molar-refractivity contribution >= 4 is 22.3 Å². The van der Waals surface area contributed by atoms with Crippen LogP contribution in [-0.2, 0) is 9.47 Å². The zero-order valence-electron chi connectivity index (χ0n) is 9.70. The first kappa shape index (κ1) is 12.9. The lowest BCUT2D eigenvalue weighted by atomic mass is 10.4. The zero-order chi connectivity index (χ0) is 12.0. The van der Waals surface area contributed by atoms with Crippen molar-refractivity contribution in [2.45, 2.75) is 13.8 Å². The molecule has 0 bridgehead atoms. The molecule has 0 fully saturated rings. The van der Waals surface area contributed by atoms with Crippen LogP contribution in [0.2, 0.25) is 0 Å². The first-order valence-corrected chi connectivity index (χ1v) is 5.88. The normalized spacial score (nSPS) is 10.2. The van der Waals surface area contributed by atoms with E-state index >= 15 is 0 Å². The van der Waals surface area contributed by atoms with Crippen molar-refractivity contribution in [2.75, 3.05) is 32.2 Å². The van der Waals surface area contributed by atoms with E-state index in [9.17, 15) is 4.79 Å². The number of anilines is 1. The zero-order valence-corrected chi connectivity index (χ0v) is 10.5. The molecule has 0 saturated heterocycles. The van der Waals surface area contributed by atoms with Crippen LogP contribution in [0.5, 0.6) is 0 Å². The van der Waals surface area contributed by atoms with Crippen LogP contribution in [0, 0.1) is 6.92 Å². The Morgan fingerprint density at radius 3 is 2.94 bits per heavy atom. The number of hydrogen-bond acceptors (Lipinski definition) is 6. The molecular weight excluding hydrogens is 228 g/mol. The van der Waals surface area contributed by atoms with Gasteiger partial charge in [0.2, 0.25) is 0 Å². The van der Waals surface area contributed by atoms with E-state index in [1.807, 2.05) is 6.92 Å². The van der Waals surface area contributed by atoms with Crippen molar-refractivity contribution in [1.82, 2.24) is 4.98 Å². The maximum Gasteiger partial charge on any atom is 0.360 e. The van der Waals surface area contributed by atoms with Gasteiger partial charge in [0.1, 0.15) is 5.00 Å². The summed E-state index contributed by atoms with van der Waals surface area (Å²) in [6.45, 7) is 5.21. The Balaban J connectivity index is 2.70. The first-order chi connectivity index (χ1) is 7.69. The van der Waals surface area contributed by atoms with Gasteiger partial charge in [0.05, 0.1) is 18.2 Å². The molecule has 1 aromatic rings. The van der Waals surface area contributed by atoms with Gasteiger partial charge in [-0.1, -0.05) is 0 Å². The minimum absolute atomic E-state index is 0.354. The average Bonchev–Trinajstić information content (AvgIpc) is 2.61. The van der Waals surface area contributed by atoms with E-state index in [1.165, 1.54) is 11.3 Å². The van der Waals surface area contributed by atoms with Crippen molar-refractivity contribution < 1.29 is 14.3 Å². The molecule has 0 atom stereocenters. The standard InChI is InChI=1S/C10H16N2O3S/c1-4-15-10(13)8-9(11-5-6-14-3)16-7(2)12-8/h11H,4-6H2,1-3H3. The van der Waals surface area contributed by atoms with Crippen LogP contribution in [0.1, 0.15) is 22.4 Å². The van der Waals surface area contributed by atoms with Gasteiger partial charge in [0.15, 0.2) is 5.69 Å². The quantitative estimate of drug-likeness (QED) is 0.609. The Morgan fingerprint density at radius 1 is 1.56 bits per heavy atom. The average molecular weight is 244 g/mol. The van der Waals surface area contributed by atoms with Crippen molar-refractivity contribution in [1.29, 1.82) is 0 Å². The Kier molecular flexibility index (Phi) is 5.21.